The molecule has 0 radical (unpaired) electrons. The number of pyridine rings is 1. The lowest BCUT2D eigenvalue weighted by molar-refractivity contribution is 0.283. The summed E-state index contributed by atoms with van der Waals surface area (Å²) in [6.45, 7) is 0.453. The number of hydrogen-bond donors (Lipinski definition) is 0. The normalized spacial score (nSPS) is 10.0. The van der Waals surface area contributed by atoms with Crippen molar-refractivity contribution in [1.29, 1.82) is 0 Å². The highest BCUT2D eigenvalue weighted by molar-refractivity contribution is 9.10. The number of methoxy groups -OCH3 is 1. The molecule has 1 aromatic carbocycles. The molecule has 1 heterocycles. The Hall–Kier alpha value is -1.55. The molecule has 0 amide bonds. The van der Waals surface area contributed by atoms with Gasteiger partial charge in [-0.3, -0.25) is 4.98 Å². The lowest BCUT2D eigenvalue weighted by Crippen LogP contribution is -1.98. The first-order valence-corrected chi connectivity index (χ1v) is 5.95. The molecular formula is C13H12BrNO2. The van der Waals surface area contributed by atoms with Gasteiger partial charge in [0.15, 0.2) is 11.5 Å². The minimum absolute atomic E-state index is 0.453. The molecule has 0 spiro atoms. The number of benzene rings is 1. The highest BCUT2D eigenvalue weighted by atomic mass is 79.9. The van der Waals surface area contributed by atoms with Crippen molar-refractivity contribution in [2.75, 3.05) is 7.11 Å². The fourth-order valence-corrected chi connectivity index (χ4v) is 1.74. The maximum atomic E-state index is 5.70. The summed E-state index contributed by atoms with van der Waals surface area (Å²) in [6.07, 6.45) is 3.51. The number of ether oxygens (including phenoxy) is 2. The number of hydrogen-bond acceptors (Lipinski definition) is 3. The van der Waals surface area contributed by atoms with Crippen LogP contribution in [0.25, 0.3) is 0 Å². The van der Waals surface area contributed by atoms with Gasteiger partial charge in [0.05, 0.1) is 7.11 Å². The zero-order chi connectivity index (χ0) is 12.1. The first kappa shape index (κ1) is 11.9. The molecule has 0 atom stereocenters. The number of halogens is 1. The molecule has 4 heteroatoms. The third-order valence-electron chi connectivity index (χ3n) is 2.30. The zero-order valence-corrected chi connectivity index (χ0v) is 11.0. The second-order valence-electron chi connectivity index (χ2n) is 3.41. The molecule has 3 nitrogen and oxygen atoms in total. The molecular weight excluding hydrogens is 282 g/mol. The molecule has 0 saturated heterocycles. The zero-order valence-electron chi connectivity index (χ0n) is 9.39. The highest BCUT2D eigenvalue weighted by Gasteiger charge is 2.04. The van der Waals surface area contributed by atoms with E-state index in [1.807, 2.05) is 30.3 Å². The SMILES string of the molecule is COc1ccccc1OCc1cnccc1Br. The van der Waals surface area contributed by atoms with Crippen molar-refractivity contribution < 1.29 is 9.47 Å². The lowest BCUT2D eigenvalue weighted by atomic mass is 10.3. The Labute approximate surface area is 109 Å². The minimum Gasteiger partial charge on any atom is -0.493 e. The monoisotopic (exact) mass is 293 g/mol. The van der Waals surface area contributed by atoms with Gasteiger partial charge in [0.2, 0.25) is 0 Å². The summed E-state index contributed by atoms with van der Waals surface area (Å²) < 4.78 is 11.9. The van der Waals surface area contributed by atoms with E-state index in [1.54, 1.807) is 19.5 Å². The van der Waals surface area contributed by atoms with Gasteiger partial charge in [-0.2, -0.15) is 0 Å². The van der Waals surface area contributed by atoms with Crippen molar-refractivity contribution in [3.05, 3.63) is 52.8 Å². The topological polar surface area (TPSA) is 31.4 Å². The fourth-order valence-electron chi connectivity index (χ4n) is 1.41. The van der Waals surface area contributed by atoms with Crippen LogP contribution in [0, 0.1) is 0 Å². The standard InChI is InChI=1S/C13H12BrNO2/c1-16-12-4-2-3-5-13(12)17-9-10-8-15-7-6-11(10)14/h2-8H,9H2,1H3. The van der Waals surface area contributed by atoms with E-state index in [9.17, 15) is 0 Å². The molecule has 0 N–H and O–H groups in total. The first-order valence-electron chi connectivity index (χ1n) is 5.15. The van der Waals surface area contributed by atoms with Crippen LogP contribution in [0.15, 0.2) is 47.2 Å². The molecule has 0 aliphatic rings. The van der Waals surface area contributed by atoms with Gasteiger partial charge < -0.3 is 9.47 Å². The predicted molar refractivity (Wildman–Crippen MR) is 69.3 cm³/mol. The highest BCUT2D eigenvalue weighted by Crippen LogP contribution is 2.27. The number of aromatic nitrogens is 1. The van der Waals surface area contributed by atoms with Crippen LogP contribution in [0.2, 0.25) is 0 Å². The molecule has 0 fully saturated rings. The average Bonchev–Trinajstić information content (AvgIpc) is 2.38. The van der Waals surface area contributed by atoms with Gasteiger partial charge in [-0.15, -0.1) is 0 Å². The predicted octanol–water partition coefficient (Wildman–Crippen LogP) is 3.43. The van der Waals surface area contributed by atoms with Crippen LogP contribution in [-0.2, 0) is 6.61 Å². The first-order chi connectivity index (χ1) is 8.31. The number of rotatable bonds is 4. The van der Waals surface area contributed by atoms with Crippen LogP contribution in [-0.4, -0.2) is 12.1 Å². The van der Waals surface area contributed by atoms with Crippen molar-refractivity contribution in [2.24, 2.45) is 0 Å². The summed E-state index contributed by atoms with van der Waals surface area (Å²) in [5.41, 5.74) is 0.999. The van der Waals surface area contributed by atoms with Crippen LogP contribution < -0.4 is 9.47 Å². The van der Waals surface area contributed by atoms with E-state index in [4.69, 9.17) is 9.47 Å². The van der Waals surface area contributed by atoms with E-state index in [-0.39, 0.29) is 0 Å². The number of nitrogens with zero attached hydrogens (tertiary/aromatic N) is 1. The molecule has 0 bridgehead atoms. The molecule has 1 aromatic heterocycles. The maximum Gasteiger partial charge on any atom is 0.161 e. The number of para-hydroxylation sites is 2. The third-order valence-corrected chi connectivity index (χ3v) is 3.07. The van der Waals surface area contributed by atoms with E-state index in [1.165, 1.54) is 0 Å². The third kappa shape index (κ3) is 2.97. The van der Waals surface area contributed by atoms with Crippen LogP contribution in [0.1, 0.15) is 5.56 Å². The van der Waals surface area contributed by atoms with Gasteiger partial charge in [0.1, 0.15) is 6.61 Å². The van der Waals surface area contributed by atoms with E-state index in [2.05, 4.69) is 20.9 Å². The largest absolute Gasteiger partial charge is 0.493 e. The Morgan fingerprint density at radius 3 is 2.65 bits per heavy atom. The smallest absolute Gasteiger partial charge is 0.161 e. The van der Waals surface area contributed by atoms with Gasteiger partial charge in [-0.25, -0.2) is 0 Å². The summed E-state index contributed by atoms with van der Waals surface area (Å²) in [7, 11) is 1.63. The van der Waals surface area contributed by atoms with Crippen molar-refractivity contribution in [3.63, 3.8) is 0 Å². The van der Waals surface area contributed by atoms with Gasteiger partial charge in [0.25, 0.3) is 0 Å². The van der Waals surface area contributed by atoms with Crippen molar-refractivity contribution in [2.45, 2.75) is 6.61 Å². The fraction of sp³-hybridized carbons (Fsp3) is 0.154. The Morgan fingerprint density at radius 1 is 1.18 bits per heavy atom. The molecule has 0 aliphatic heterocycles. The summed E-state index contributed by atoms with van der Waals surface area (Å²) in [5.74, 6) is 1.46. The van der Waals surface area contributed by atoms with Gasteiger partial charge in [-0.1, -0.05) is 28.1 Å². The van der Waals surface area contributed by atoms with Crippen molar-refractivity contribution >= 4 is 15.9 Å². The average molecular weight is 294 g/mol. The van der Waals surface area contributed by atoms with E-state index >= 15 is 0 Å². The van der Waals surface area contributed by atoms with Crippen molar-refractivity contribution in [1.82, 2.24) is 4.98 Å². The summed E-state index contributed by atoms with van der Waals surface area (Å²) in [5, 5.41) is 0. The quantitative estimate of drug-likeness (QED) is 0.865. The molecule has 88 valence electrons. The summed E-state index contributed by atoms with van der Waals surface area (Å²) >= 11 is 3.45. The molecule has 0 saturated carbocycles. The Kier molecular flexibility index (Phi) is 3.98. The molecule has 2 aromatic rings. The van der Waals surface area contributed by atoms with E-state index in [0.717, 1.165) is 21.5 Å². The summed E-state index contributed by atoms with van der Waals surface area (Å²) in [4.78, 5) is 4.06. The van der Waals surface area contributed by atoms with Gasteiger partial charge in [0, 0.05) is 22.4 Å². The molecule has 0 aliphatic carbocycles. The molecule has 2 rings (SSSR count). The van der Waals surface area contributed by atoms with E-state index < -0.39 is 0 Å². The summed E-state index contributed by atoms with van der Waals surface area (Å²) in [6, 6.07) is 9.46. The maximum absolute atomic E-state index is 5.70. The van der Waals surface area contributed by atoms with Crippen LogP contribution in [0.5, 0.6) is 11.5 Å². The Morgan fingerprint density at radius 2 is 1.94 bits per heavy atom. The second-order valence-corrected chi connectivity index (χ2v) is 4.26. The molecule has 0 unspecified atom stereocenters. The molecule has 17 heavy (non-hydrogen) atoms. The van der Waals surface area contributed by atoms with Gasteiger partial charge >= 0.3 is 0 Å². The van der Waals surface area contributed by atoms with Crippen LogP contribution >= 0.6 is 15.9 Å². The van der Waals surface area contributed by atoms with Crippen molar-refractivity contribution in [3.8, 4) is 11.5 Å². The van der Waals surface area contributed by atoms with Crippen LogP contribution in [0.3, 0.4) is 0 Å². The Bertz CT molecular complexity index is 502. The lowest BCUT2D eigenvalue weighted by Gasteiger charge is -2.10. The second kappa shape index (κ2) is 5.68. The van der Waals surface area contributed by atoms with Gasteiger partial charge in [-0.05, 0) is 18.2 Å². The van der Waals surface area contributed by atoms with E-state index in [0.29, 0.717) is 6.61 Å². The minimum atomic E-state index is 0.453. The van der Waals surface area contributed by atoms with Crippen LogP contribution in [0.4, 0.5) is 0 Å². The Balaban J connectivity index is 2.10.